The first-order valence-electron chi connectivity index (χ1n) is 5.95. The summed E-state index contributed by atoms with van der Waals surface area (Å²) in [6.45, 7) is 9.18. The molecule has 0 amide bonds. The van der Waals surface area contributed by atoms with Crippen LogP contribution in [0.15, 0.2) is 18.2 Å². The molecule has 90 valence electrons. The van der Waals surface area contributed by atoms with Gasteiger partial charge in [0.2, 0.25) is 0 Å². The van der Waals surface area contributed by atoms with E-state index in [2.05, 4.69) is 31.1 Å². The summed E-state index contributed by atoms with van der Waals surface area (Å²) in [6.07, 6.45) is 0. The number of nitrogens with zero attached hydrogens (tertiary/aromatic N) is 2. The highest BCUT2D eigenvalue weighted by Gasteiger charge is 2.12. The Labute approximate surface area is 102 Å². The number of aryl methyl sites for hydroxylation is 3. The fraction of sp³-hybridized carbons (Fsp3) is 0.357. The van der Waals surface area contributed by atoms with Crippen LogP contribution in [0.1, 0.15) is 23.9 Å². The minimum absolute atomic E-state index is 0.838. The van der Waals surface area contributed by atoms with Crippen LogP contribution in [0.3, 0.4) is 0 Å². The molecule has 3 heteroatoms. The fourth-order valence-electron chi connectivity index (χ4n) is 2.22. The highest BCUT2D eigenvalue weighted by atomic mass is 15.3. The normalized spacial score (nSPS) is 10.8. The molecular formula is C14H19N3. The first-order chi connectivity index (χ1) is 8.04. The Kier molecular flexibility index (Phi) is 2.92. The SMILES string of the molecule is CCn1nc(C)c(-c2ccc(C)c(N)c2)c1C. The Bertz CT molecular complexity index is 553. The predicted octanol–water partition coefficient (Wildman–Crippen LogP) is 3.08. The van der Waals surface area contributed by atoms with Crippen LogP contribution in [0.2, 0.25) is 0 Å². The maximum absolute atomic E-state index is 5.97. The van der Waals surface area contributed by atoms with Crippen LogP contribution in [-0.4, -0.2) is 9.78 Å². The number of anilines is 1. The molecule has 0 radical (unpaired) electrons. The third kappa shape index (κ3) is 1.93. The predicted molar refractivity (Wildman–Crippen MR) is 72.0 cm³/mol. The zero-order chi connectivity index (χ0) is 12.6. The van der Waals surface area contributed by atoms with Crippen molar-refractivity contribution in [2.24, 2.45) is 0 Å². The lowest BCUT2D eigenvalue weighted by atomic mass is 10.0. The second-order valence-electron chi connectivity index (χ2n) is 4.43. The van der Waals surface area contributed by atoms with Crippen molar-refractivity contribution in [2.75, 3.05) is 5.73 Å². The number of rotatable bonds is 2. The first kappa shape index (κ1) is 11.7. The first-order valence-corrected chi connectivity index (χ1v) is 5.95. The summed E-state index contributed by atoms with van der Waals surface area (Å²) in [5.41, 5.74) is 12.6. The molecule has 0 spiro atoms. The van der Waals surface area contributed by atoms with Gasteiger partial charge in [0.05, 0.1) is 5.69 Å². The van der Waals surface area contributed by atoms with Crippen LogP contribution in [0.25, 0.3) is 11.1 Å². The van der Waals surface area contributed by atoms with Crippen LogP contribution < -0.4 is 5.73 Å². The zero-order valence-electron chi connectivity index (χ0n) is 10.9. The van der Waals surface area contributed by atoms with E-state index in [0.717, 1.165) is 29.1 Å². The Balaban J connectivity index is 2.60. The molecule has 1 aromatic heterocycles. The smallest absolute Gasteiger partial charge is 0.0674 e. The van der Waals surface area contributed by atoms with Gasteiger partial charge in [-0.1, -0.05) is 12.1 Å². The van der Waals surface area contributed by atoms with E-state index in [1.165, 1.54) is 11.3 Å². The Hall–Kier alpha value is -1.77. The van der Waals surface area contributed by atoms with Crippen molar-refractivity contribution in [1.82, 2.24) is 9.78 Å². The summed E-state index contributed by atoms with van der Waals surface area (Å²) >= 11 is 0. The number of nitrogen functional groups attached to an aromatic ring is 1. The van der Waals surface area contributed by atoms with Crippen LogP contribution >= 0.6 is 0 Å². The maximum Gasteiger partial charge on any atom is 0.0674 e. The van der Waals surface area contributed by atoms with Gasteiger partial charge in [-0.2, -0.15) is 5.10 Å². The molecule has 2 rings (SSSR count). The largest absolute Gasteiger partial charge is 0.398 e. The molecule has 17 heavy (non-hydrogen) atoms. The van der Waals surface area contributed by atoms with Gasteiger partial charge in [0.1, 0.15) is 0 Å². The molecule has 1 aromatic carbocycles. The molecular weight excluding hydrogens is 210 g/mol. The van der Waals surface area contributed by atoms with Gasteiger partial charge in [-0.15, -0.1) is 0 Å². The summed E-state index contributed by atoms with van der Waals surface area (Å²) in [5.74, 6) is 0. The molecule has 2 aromatic rings. The van der Waals surface area contributed by atoms with Crippen molar-refractivity contribution in [3.8, 4) is 11.1 Å². The maximum atomic E-state index is 5.97. The second kappa shape index (κ2) is 4.24. The van der Waals surface area contributed by atoms with Gasteiger partial charge in [-0.25, -0.2) is 0 Å². The Morgan fingerprint density at radius 3 is 2.47 bits per heavy atom. The van der Waals surface area contributed by atoms with Crippen LogP contribution in [-0.2, 0) is 6.54 Å². The van der Waals surface area contributed by atoms with E-state index in [0.29, 0.717) is 0 Å². The van der Waals surface area contributed by atoms with Gasteiger partial charge in [0.15, 0.2) is 0 Å². The lowest BCUT2D eigenvalue weighted by Gasteiger charge is -2.06. The van der Waals surface area contributed by atoms with E-state index in [-0.39, 0.29) is 0 Å². The number of aromatic nitrogens is 2. The Morgan fingerprint density at radius 1 is 1.24 bits per heavy atom. The lowest BCUT2D eigenvalue weighted by Crippen LogP contribution is -1.98. The van der Waals surface area contributed by atoms with Crippen LogP contribution in [0.5, 0.6) is 0 Å². The molecule has 0 aliphatic rings. The average Bonchev–Trinajstić information content (AvgIpc) is 2.58. The van der Waals surface area contributed by atoms with Crippen molar-refractivity contribution in [1.29, 1.82) is 0 Å². The molecule has 0 unspecified atom stereocenters. The minimum atomic E-state index is 0.838. The summed E-state index contributed by atoms with van der Waals surface area (Å²) in [4.78, 5) is 0. The van der Waals surface area contributed by atoms with Gasteiger partial charge >= 0.3 is 0 Å². The molecule has 2 N–H and O–H groups in total. The Morgan fingerprint density at radius 2 is 1.94 bits per heavy atom. The van der Waals surface area contributed by atoms with E-state index in [9.17, 15) is 0 Å². The van der Waals surface area contributed by atoms with Crippen LogP contribution in [0, 0.1) is 20.8 Å². The highest BCUT2D eigenvalue weighted by Crippen LogP contribution is 2.29. The third-order valence-electron chi connectivity index (χ3n) is 3.25. The molecule has 0 fully saturated rings. The topological polar surface area (TPSA) is 43.8 Å². The van der Waals surface area contributed by atoms with Crippen molar-refractivity contribution in [2.45, 2.75) is 34.2 Å². The molecule has 0 atom stereocenters. The molecule has 0 saturated heterocycles. The van der Waals surface area contributed by atoms with E-state index >= 15 is 0 Å². The quantitative estimate of drug-likeness (QED) is 0.804. The van der Waals surface area contributed by atoms with Crippen molar-refractivity contribution >= 4 is 5.69 Å². The van der Waals surface area contributed by atoms with Crippen molar-refractivity contribution < 1.29 is 0 Å². The average molecular weight is 229 g/mol. The number of benzene rings is 1. The molecule has 0 aliphatic heterocycles. The van der Waals surface area contributed by atoms with E-state index < -0.39 is 0 Å². The highest BCUT2D eigenvalue weighted by molar-refractivity contribution is 5.72. The lowest BCUT2D eigenvalue weighted by molar-refractivity contribution is 0.634. The van der Waals surface area contributed by atoms with Crippen LogP contribution in [0.4, 0.5) is 5.69 Å². The van der Waals surface area contributed by atoms with E-state index in [1.54, 1.807) is 0 Å². The third-order valence-corrected chi connectivity index (χ3v) is 3.25. The van der Waals surface area contributed by atoms with Gasteiger partial charge < -0.3 is 5.73 Å². The second-order valence-corrected chi connectivity index (χ2v) is 4.43. The standard InChI is InChI=1S/C14H19N3/c1-5-17-11(4)14(10(3)16-17)12-7-6-9(2)13(15)8-12/h6-8H,5,15H2,1-4H3. The van der Waals surface area contributed by atoms with E-state index in [1.807, 2.05) is 24.6 Å². The number of hydrogen-bond acceptors (Lipinski definition) is 2. The van der Waals surface area contributed by atoms with Gasteiger partial charge in [0.25, 0.3) is 0 Å². The fourth-order valence-corrected chi connectivity index (χ4v) is 2.22. The summed E-state index contributed by atoms with van der Waals surface area (Å²) < 4.78 is 2.03. The van der Waals surface area contributed by atoms with E-state index in [4.69, 9.17) is 5.73 Å². The summed E-state index contributed by atoms with van der Waals surface area (Å²) in [5, 5.41) is 4.53. The number of nitrogens with two attached hydrogens (primary N) is 1. The van der Waals surface area contributed by atoms with Crippen molar-refractivity contribution in [3.63, 3.8) is 0 Å². The van der Waals surface area contributed by atoms with Gasteiger partial charge in [-0.3, -0.25) is 4.68 Å². The minimum Gasteiger partial charge on any atom is -0.398 e. The van der Waals surface area contributed by atoms with Crippen molar-refractivity contribution in [3.05, 3.63) is 35.2 Å². The molecule has 1 heterocycles. The molecule has 0 aliphatic carbocycles. The zero-order valence-corrected chi connectivity index (χ0v) is 10.9. The molecule has 3 nitrogen and oxygen atoms in total. The monoisotopic (exact) mass is 229 g/mol. The summed E-state index contributed by atoms with van der Waals surface area (Å²) in [7, 11) is 0. The van der Waals surface area contributed by atoms with Gasteiger partial charge in [-0.05, 0) is 44.9 Å². The number of hydrogen-bond donors (Lipinski definition) is 1. The molecule has 0 bridgehead atoms. The summed E-state index contributed by atoms with van der Waals surface area (Å²) in [6, 6.07) is 6.21. The van der Waals surface area contributed by atoms with Gasteiger partial charge in [0, 0.05) is 23.5 Å². The molecule has 0 saturated carbocycles.